The molecule has 2 aromatic heterocycles. The molecule has 0 radical (unpaired) electrons. The number of benzene rings is 2. The third kappa shape index (κ3) is 5.17. The van der Waals surface area contributed by atoms with Crippen LogP contribution in [0, 0.1) is 13.8 Å². The summed E-state index contributed by atoms with van der Waals surface area (Å²) in [5.41, 5.74) is 4.15. The number of aryl methyl sites for hydroxylation is 3. The summed E-state index contributed by atoms with van der Waals surface area (Å²) in [4.78, 5) is 24.2. The number of imidazole rings is 1. The van der Waals surface area contributed by atoms with Crippen molar-refractivity contribution in [3.8, 4) is 11.5 Å². The minimum absolute atomic E-state index is 0.00119. The molecular weight excluding hydrogens is 436 g/mol. The molecule has 0 unspecified atom stereocenters. The maximum atomic E-state index is 13.5. The number of carbonyl (C=O) groups is 1. The van der Waals surface area contributed by atoms with Gasteiger partial charge in [0.15, 0.2) is 16.6 Å². The van der Waals surface area contributed by atoms with Gasteiger partial charge in [0.2, 0.25) is 5.91 Å². The van der Waals surface area contributed by atoms with E-state index in [4.69, 9.17) is 14.5 Å². The van der Waals surface area contributed by atoms with E-state index in [0.29, 0.717) is 18.0 Å². The highest BCUT2D eigenvalue weighted by Crippen LogP contribution is 2.33. The van der Waals surface area contributed by atoms with E-state index in [1.165, 1.54) is 11.1 Å². The van der Waals surface area contributed by atoms with Crippen LogP contribution in [-0.4, -0.2) is 41.2 Å². The Labute approximate surface area is 197 Å². The fourth-order valence-corrected chi connectivity index (χ4v) is 4.96. The Kier molecular flexibility index (Phi) is 6.93. The normalized spacial score (nSPS) is 11.0. The lowest BCUT2D eigenvalue weighted by atomic mass is 10.1. The van der Waals surface area contributed by atoms with Gasteiger partial charge in [-0.25, -0.2) is 9.97 Å². The molecule has 4 aromatic rings. The monoisotopic (exact) mass is 464 g/mol. The Bertz CT molecular complexity index is 1250. The predicted molar refractivity (Wildman–Crippen MR) is 132 cm³/mol. The molecular formula is C25H28N4O3S. The van der Waals surface area contributed by atoms with Crippen molar-refractivity contribution < 1.29 is 14.3 Å². The maximum absolute atomic E-state index is 13.5. The molecule has 0 aliphatic heterocycles. The van der Waals surface area contributed by atoms with Crippen LogP contribution in [0.5, 0.6) is 11.5 Å². The second-order valence-electron chi connectivity index (χ2n) is 7.99. The molecule has 172 valence electrons. The summed E-state index contributed by atoms with van der Waals surface area (Å²) in [5, 5.41) is 0.731. The quantitative estimate of drug-likeness (QED) is 0.356. The van der Waals surface area contributed by atoms with E-state index in [9.17, 15) is 4.79 Å². The third-order valence-corrected chi connectivity index (χ3v) is 6.73. The van der Waals surface area contributed by atoms with E-state index in [0.717, 1.165) is 33.9 Å². The van der Waals surface area contributed by atoms with E-state index in [2.05, 4.69) is 31.0 Å². The number of fused-ring (bicyclic) bond motifs is 1. The van der Waals surface area contributed by atoms with Gasteiger partial charge in [-0.15, -0.1) is 0 Å². The molecule has 0 saturated carbocycles. The molecule has 0 spiro atoms. The molecule has 33 heavy (non-hydrogen) atoms. The fourth-order valence-electron chi connectivity index (χ4n) is 3.90. The van der Waals surface area contributed by atoms with Gasteiger partial charge in [-0.3, -0.25) is 9.69 Å². The van der Waals surface area contributed by atoms with Crippen molar-refractivity contribution in [1.29, 1.82) is 0 Å². The van der Waals surface area contributed by atoms with Gasteiger partial charge in [0.1, 0.15) is 0 Å². The highest BCUT2D eigenvalue weighted by atomic mass is 32.1. The van der Waals surface area contributed by atoms with Crippen LogP contribution in [0.15, 0.2) is 49.1 Å². The number of thiazole rings is 1. The first-order chi connectivity index (χ1) is 16.0. The Morgan fingerprint density at radius 3 is 2.67 bits per heavy atom. The van der Waals surface area contributed by atoms with Gasteiger partial charge in [-0.1, -0.05) is 23.5 Å². The molecule has 0 bridgehead atoms. The summed E-state index contributed by atoms with van der Waals surface area (Å²) < 4.78 is 13.9. The van der Waals surface area contributed by atoms with Crippen LogP contribution in [0.4, 0.5) is 5.13 Å². The van der Waals surface area contributed by atoms with Crippen LogP contribution in [0.25, 0.3) is 10.2 Å². The lowest BCUT2D eigenvalue weighted by Gasteiger charge is -2.20. The van der Waals surface area contributed by atoms with Crippen molar-refractivity contribution in [2.45, 2.75) is 33.2 Å². The number of amides is 1. The number of methoxy groups -OCH3 is 2. The zero-order valence-electron chi connectivity index (χ0n) is 19.4. The van der Waals surface area contributed by atoms with Crippen LogP contribution in [0.3, 0.4) is 0 Å². The number of nitrogens with zero attached hydrogens (tertiary/aromatic N) is 4. The number of hydrogen-bond acceptors (Lipinski definition) is 6. The second kappa shape index (κ2) is 10.0. The van der Waals surface area contributed by atoms with Crippen LogP contribution < -0.4 is 14.4 Å². The molecule has 2 aromatic carbocycles. The summed E-state index contributed by atoms with van der Waals surface area (Å²) in [6, 6.07) is 9.81. The maximum Gasteiger partial charge on any atom is 0.233 e. The Morgan fingerprint density at radius 1 is 1.12 bits per heavy atom. The SMILES string of the molecule is COc1ccc(CC(=O)N(CCCn2ccnc2)c2nc3cc(C)cc(C)c3s2)cc1OC. The number of aromatic nitrogens is 3. The number of ether oxygens (including phenoxy) is 2. The van der Waals surface area contributed by atoms with Crippen molar-refractivity contribution in [2.24, 2.45) is 0 Å². The summed E-state index contributed by atoms with van der Waals surface area (Å²) in [5.74, 6) is 1.25. The van der Waals surface area contributed by atoms with Gasteiger partial charge in [0.25, 0.3) is 0 Å². The van der Waals surface area contributed by atoms with Gasteiger partial charge >= 0.3 is 0 Å². The molecule has 8 heteroatoms. The van der Waals surface area contributed by atoms with E-state index in [-0.39, 0.29) is 12.3 Å². The summed E-state index contributed by atoms with van der Waals surface area (Å²) >= 11 is 1.57. The van der Waals surface area contributed by atoms with Crippen LogP contribution in [0.1, 0.15) is 23.1 Å². The average Bonchev–Trinajstić information content (AvgIpc) is 3.46. The highest BCUT2D eigenvalue weighted by molar-refractivity contribution is 7.22. The van der Waals surface area contributed by atoms with E-state index < -0.39 is 0 Å². The fraction of sp³-hybridized carbons (Fsp3) is 0.320. The van der Waals surface area contributed by atoms with Gasteiger partial charge in [-0.05, 0) is 55.2 Å². The number of carbonyl (C=O) groups excluding carboxylic acids is 1. The molecule has 2 heterocycles. The van der Waals surface area contributed by atoms with Crippen LogP contribution in [-0.2, 0) is 17.8 Å². The molecule has 0 fully saturated rings. The average molecular weight is 465 g/mol. The Morgan fingerprint density at radius 2 is 1.94 bits per heavy atom. The van der Waals surface area contributed by atoms with Crippen molar-refractivity contribution in [3.05, 3.63) is 65.7 Å². The first-order valence-corrected chi connectivity index (χ1v) is 11.6. The molecule has 0 aliphatic carbocycles. The van der Waals surface area contributed by atoms with Gasteiger partial charge in [-0.2, -0.15) is 0 Å². The molecule has 1 amide bonds. The number of anilines is 1. The lowest BCUT2D eigenvalue weighted by molar-refractivity contribution is -0.118. The summed E-state index contributed by atoms with van der Waals surface area (Å²) in [6.07, 6.45) is 6.53. The molecule has 7 nitrogen and oxygen atoms in total. The first-order valence-electron chi connectivity index (χ1n) is 10.8. The smallest absolute Gasteiger partial charge is 0.233 e. The topological polar surface area (TPSA) is 69.5 Å². The van der Waals surface area contributed by atoms with Gasteiger partial charge < -0.3 is 14.0 Å². The highest BCUT2D eigenvalue weighted by Gasteiger charge is 2.21. The Hall–Kier alpha value is -3.39. The Balaban J connectivity index is 1.60. The number of rotatable bonds is 9. The molecule has 4 rings (SSSR count). The van der Waals surface area contributed by atoms with E-state index >= 15 is 0 Å². The third-order valence-electron chi connectivity index (χ3n) is 5.50. The minimum atomic E-state index is 0.00119. The minimum Gasteiger partial charge on any atom is -0.493 e. The molecule has 0 N–H and O–H groups in total. The van der Waals surface area contributed by atoms with Gasteiger partial charge in [0, 0.05) is 25.5 Å². The van der Waals surface area contributed by atoms with E-state index in [1.54, 1.807) is 38.1 Å². The second-order valence-corrected chi connectivity index (χ2v) is 8.97. The number of hydrogen-bond donors (Lipinski definition) is 0. The zero-order chi connectivity index (χ0) is 23.4. The van der Waals surface area contributed by atoms with Crippen molar-refractivity contribution >= 4 is 32.6 Å². The molecule has 0 atom stereocenters. The standard InChI is InChI=1S/C25H28N4O3S/c1-17-12-18(2)24-20(13-17)27-25(33-24)29(10-5-9-28-11-8-26-16-28)23(30)15-19-6-7-21(31-3)22(14-19)32-4/h6-8,11-14,16H,5,9-10,15H2,1-4H3. The molecule has 0 saturated heterocycles. The van der Waals surface area contributed by atoms with Crippen LogP contribution >= 0.6 is 11.3 Å². The molecule has 0 aliphatic rings. The van der Waals surface area contributed by atoms with Crippen molar-refractivity contribution in [3.63, 3.8) is 0 Å². The van der Waals surface area contributed by atoms with Crippen molar-refractivity contribution in [1.82, 2.24) is 14.5 Å². The van der Waals surface area contributed by atoms with E-state index in [1.807, 2.05) is 33.9 Å². The summed E-state index contributed by atoms with van der Waals surface area (Å²) in [6.45, 7) is 5.51. The predicted octanol–water partition coefficient (Wildman–Crippen LogP) is 4.79. The summed E-state index contributed by atoms with van der Waals surface area (Å²) in [7, 11) is 3.19. The van der Waals surface area contributed by atoms with Gasteiger partial charge in [0.05, 0.1) is 37.2 Å². The zero-order valence-corrected chi connectivity index (χ0v) is 20.2. The van der Waals surface area contributed by atoms with Crippen molar-refractivity contribution in [2.75, 3.05) is 25.7 Å². The largest absolute Gasteiger partial charge is 0.493 e. The first kappa shape index (κ1) is 22.8. The lowest BCUT2D eigenvalue weighted by Crippen LogP contribution is -2.33. The van der Waals surface area contributed by atoms with Crippen LogP contribution in [0.2, 0.25) is 0 Å².